The molecule has 0 aromatic heterocycles. The Labute approximate surface area is 84.3 Å². The van der Waals surface area contributed by atoms with E-state index in [1.165, 1.54) is 12.8 Å². The molecule has 1 saturated carbocycles. The van der Waals surface area contributed by atoms with Crippen molar-refractivity contribution in [3.05, 3.63) is 0 Å². The van der Waals surface area contributed by atoms with Gasteiger partial charge in [0.05, 0.1) is 12.1 Å². The maximum Gasteiger partial charge on any atom is 0.239 e. The Morgan fingerprint density at radius 1 is 1.57 bits per heavy atom. The fourth-order valence-electron chi connectivity index (χ4n) is 1.95. The van der Waals surface area contributed by atoms with E-state index in [-0.39, 0.29) is 18.1 Å². The molecule has 1 amide bonds. The Balaban J connectivity index is 1.80. The molecule has 4 nitrogen and oxygen atoms in total. The van der Waals surface area contributed by atoms with Crippen LogP contribution in [0.4, 0.5) is 0 Å². The average molecular weight is 198 g/mol. The first-order valence-electron chi connectivity index (χ1n) is 5.33. The van der Waals surface area contributed by atoms with Gasteiger partial charge in [-0.1, -0.05) is 0 Å². The van der Waals surface area contributed by atoms with Gasteiger partial charge in [-0.15, -0.1) is 0 Å². The van der Waals surface area contributed by atoms with Crippen LogP contribution in [0.5, 0.6) is 0 Å². The van der Waals surface area contributed by atoms with E-state index < -0.39 is 0 Å². The van der Waals surface area contributed by atoms with E-state index in [1.807, 2.05) is 7.05 Å². The number of amides is 1. The topological polar surface area (TPSA) is 52.6 Å². The first-order chi connectivity index (χ1) is 6.66. The first kappa shape index (κ1) is 9.93. The van der Waals surface area contributed by atoms with Crippen LogP contribution in [0, 0.1) is 5.92 Å². The van der Waals surface area contributed by atoms with Crippen molar-refractivity contribution in [1.29, 1.82) is 0 Å². The summed E-state index contributed by atoms with van der Waals surface area (Å²) in [5, 5.41) is 12.3. The van der Waals surface area contributed by atoms with Gasteiger partial charge in [-0.2, -0.15) is 0 Å². The molecule has 1 saturated heterocycles. The smallest absolute Gasteiger partial charge is 0.239 e. The maximum absolute atomic E-state index is 11.8. The Kier molecular flexibility index (Phi) is 2.74. The lowest BCUT2D eigenvalue weighted by molar-refractivity contribution is -0.132. The summed E-state index contributed by atoms with van der Waals surface area (Å²) in [5.41, 5.74) is 0. The molecule has 4 heteroatoms. The van der Waals surface area contributed by atoms with E-state index in [4.69, 9.17) is 0 Å². The molecule has 0 radical (unpaired) electrons. The quantitative estimate of drug-likeness (QED) is 0.647. The van der Waals surface area contributed by atoms with Crippen LogP contribution < -0.4 is 5.32 Å². The number of hydrogen-bond acceptors (Lipinski definition) is 3. The Morgan fingerprint density at radius 3 is 2.79 bits per heavy atom. The third-order valence-corrected chi connectivity index (χ3v) is 3.01. The molecule has 2 rings (SSSR count). The minimum Gasteiger partial charge on any atom is -0.392 e. The normalized spacial score (nSPS) is 31.9. The maximum atomic E-state index is 11.8. The molecule has 2 aliphatic rings. The van der Waals surface area contributed by atoms with Crippen molar-refractivity contribution in [1.82, 2.24) is 10.2 Å². The van der Waals surface area contributed by atoms with Crippen LogP contribution in [-0.2, 0) is 4.79 Å². The van der Waals surface area contributed by atoms with Crippen LogP contribution in [0.15, 0.2) is 0 Å². The molecular formula is C10H18N2O2. The number of nitrogens with one attached hydrogen (secondary N) is 1. The zero-order valence-electron chi connectivity index (χ0n) is 8.57. The van der Waals surface area contributed by atoms with Gasteiger partial charge in [-0.05, 0) is 25.2 Å². The number of likely N-dealkylation sites (N-methyl/N-ethyl adjacent to an activating group) is 1. The van der Waals surface area contributed by atoms with Crippen molar-refractivity contribution in [2.45, 2.75) is 31.4 Å². The standard InChI is InChI=1S/C10H18N2O2/c1-12(6-7-2-3-7)10(14)9-4-8(13)5-11-9/h7-9,11,13H,2-6H2,1H3. The fourth-order valence-corrected chi connectivity index (χ4v) is 1.95. The third kappa shape index (κ3) is 2.25. The van der Waals surface area contributed by atoms with Gasteiger partial charge in [-0.3, -0.25) is 4.79 Å². The number of carbonyl (C=O) groups is 1. The minimum atomic E-state index is -0.349. The molecule has 0 aromatic carbocycles. The third-order valence-electron chi connectivity index (χ3n) is 3.01. The average Bonchev–Trinajstić information content (AvgIpc) is 2.85. The van der Waals surface area contributed by atoms with E-state index in [9.17, 15) is 9.90 Å². The predicted molar refractivity (Wildman–Crippen MR) is 52.8 cm³/mol. The van der Waals surface area contributed by atoms with Gasteiger partial charge in [0.2, 0.25) is 5.91 Å². The summed E-state index contributed by atoms with van der Waals surface area (Å²) in [6.07, 6.45) is 2.74. The van der Waals surface area contributed by atoms with Gasteiger partial charge >= 0.3 is 0 Å². The zero-order valence-corrected chi connectivity index (χ0v) is 8.57. The number of nitrogens with zero attached hydrogens (tertiary/aromatic N) is 1. The highest BCUT2D eigenvalue weighted by Gasteiger charge is 2.32. The second-order valence-corrected chi connectivity index (χ2v) is 4.51. The van der Waals surface area contributed by atoms with Crippen LogP contribution in [0.25, 0.3) is 0 Å². The summed E-state index contributed by atoms with van der Waals surface area (Å²) in [6, 6.07) is -0.159. The van der Waals surface area contributed by atoms with Crippen LogP contribution in [0.1, 0.15) is 19.3 Å². The van der Waals surface area contributed by atoms with Crippen LogP contribution in [0.3, 0.4) is 0 Å². The molecule has 2 N–H and O–H groups in total. The number of carbonyl (C=O) groups excluding carboxylic acids is 1. The van der Waals surface area contributed by atoms with Crippen molar-refractivity contribution in [3.8, 4) is 0 Å². The molecule has 0 aromatic rings. The molecule has 14 heavy (non-hydrogen) atoms. The number of aliphatic hydroxyl groups excluding tert-OH is 1. The van der Waals surface area contributed by atoms with E-state index >= 15 is 0 Å². The number of hydrogen-bond donors (Lipinski definition) is 2. The van der Waals surface area contributed by atoms with Gasteiger partial charge in [0.15, 0.2) is 0 Å². The van der Waals surface area contributed by atoms with Gasteiger partial charge in [0, 0.05) is 20.1 Å². The lowest BCUT2D eigenvalue weighted by Gasteiger charge is -2.20. The lowest BCUT2D eigenvalue weighted by atomic mass is 10.2. The lowest BCUT2D eigenvalue weighted by Crippen LogP contribution is -2.42. The molecule has 2 unspecified atom stereocenters. The molecule has 1 aliphatic carbocycles. The number of β-amino-alcohol motifs (C(OH)–C–C–N with tert-alkyl or cyclic N) is 1. The van der Waals surface area contributed by atoms with E-state index in [2.05, 4.69) is 5.32 Å². The van der Waals surface area contributed by atoms with E-state index in [0.717, 1.165) is 12.5 Å². The summed E-state index contributed by atoms with van der Waals surface area (Å²) >= 11 is 0. The second kappa shape index (κ2) is 3.87. The molecule has 1 heterocycles. The Morgan fingerprint density at radius 2 is 2.29 bits per heavy atom. The highest BCUT2D eigenvalue weighted by Crippen LogP contribution is 2.29. The first-order valence-corrected chi connectivity index (χ1v) is 5.33. The van der Waals surface area contributed by atoms with Crippen molar-refractivity contribution in [2.75, 3.05) is 20.1 Å². The largest absolute Gasteiger partial charge is 0.392 e. The summed E-state index contributed by atoms with van der Waals surface area (Å²) in [5.74, 6) is 0.865. The molecule has 1 aliphatic heterocycles. The van der Waals surface area contributed by atoms with Gasteiger partial charge in [0.25, 0.3) is 0 Å². The highest BCUT2D eigenvalue weighted by atomic mass is 16.3. The van der Waals surface area contributed by atoms with Crippen molar-refractivity contribution in [3.63, 3.8) is 0 Å². The van der Waals surface area contributed by atoms with Crippen molar-refractivity contribution < 1.29 is 9.90 Å². The molecular weight excluding hydrogens is 180 g/mol. The summed E-state index contributed by atoms with van der Waals surface area (Å²) < 4.78 is 0. The Bertz CT molecular complexity index is 228. The fraction of sp³-hybridized carbons (Fsp3) is 0.900. The predicted octanol–water partition coefficient (Wildman–Crippen LogP) is -0.422. The van der Waals surface area contributed by atoms with E-state index in [1.54, 1.807) is 4.90 Å². The molecule has 2 fully saturated rings. The van der Waals surface area contributed by atoms with Crippen LogP contribution in [0.2, 0.25) is 0 Å². The SMILES string of the molecule is CN(CC1CC1)C(=O)C1CC(O)CN1. The zero-order chi connectivity index (χ0) is 10.1. The highest BCUT2D eigenvalue weighted by molar-refractivity contribution is 5.82. The van der Waals surface area contributed by atoms with Crippen molar-refractivity contribution in [2.24, 2.45) is 5.92 Å². The number of aliphatic hydroxyl groups is 1. The van der Waals surface area contributed by atoms with Gasteiger partial charge in [-0.25, -0.2) is 0 Å². The van der Waals surface area contributed by atoms with Crippen LogP contribution >= 0.6 is 0 Å². The number of rotatable bonds is 3. The summed E-state index contributed by atoms with van der Waals surface area (Å²) in [7, 11) is 1.85. The van der Waals surface area contributed by atoms with Crippen LogP contribution in [-0.4, -0.2) is 48.2 Å². The van der Waals surface area contributed by atoms with Crippen molar-refractivity contribution >= 4 is 5.91 Å². The molecule has 0 bridgehead atoms. The Hall–Kier alpha value is -0.610. The van der Waals surface area contributed by atoms with Gasteiger partial charge in [0.1, 0.15) is 0 Å². The molecule has 2 atom stereocenters. The van der Waals surface area contributed by atoms with E-state index in [0.29, 0.717) is 13.0 Å². The monoisotopic (exact) mass is 198 g/mol. The summed E-state index contributed by atoms with van der Waals surface area (Å²) in [6.45, 7) is 1.43. The molecule has 0 spiro atoms. The molecule has 80 valence electrons. The van der Waals surface area contributed by atoms with Gasteiger partial charge < -0.3 is 15.3 Å². The second-order valence-electron chi connectivity index (χ2n) is 4.51. The minimum absolute atomic E-state index is 0.133. The summed E-state index contributed by atoms with van der Waals surface area (Å²) in [4.78, 5) is 13.6.